The summed E-state index contributed by atoms with van der Waals surface area (Å²) < 4.78 is 5.80. The fourth-order valence-electron chi connectivity index (χ4n) is 2.49. The highest BCUT2D eigenvalue weighted by Crippen LogP contribution is 2.18. The molecule has 3 aromatic rings. The van der Waals surface area contributed by atoms with Crippen molar-refractivity contribution in [2.45, 2.75) is 20.5 Å². The van der Waals surface area contributed by atoms with Crippen molar-refractivity contribution in [1.29, 1.82) is 0 Å². The topological polar surface area (TPSA) is 33.3 Å². The third kappa shape index (κ3) is 5.07. The third-order valence-corrected chi connectivity index (χ3v) is 4.33. The lowest BCUT2D eigenvalue weighted by molar-refractivity contribution is 0.306. The minimum atomic E-state index is 0.556. The van der Waals surface area contributed by atoms with Gasteiger partial charge in [0, 0.05) is 11.4 Å². The van der Waals surface area contributed by atoms with Gasteiger partial charge in [-0.1, -0.05) is 36.4 Å². The van der Waals surface area contributed by atoms with Gasteiger partial charge < -0.3 is 15.4 Å². The third-order valence-electron chi connectivity index (χ3n) is 4.13. The molecule has 0 aliphatic heterocycles. The molecule has 0 aliphatic rings. The number of thiocarbonyl (C=S) groups is 1. The number of hydrogen-bond donors (Lipinski definition) is 2. The first-order valence-electron chi connectivity index (χ1n) is 8.52. The van der Waals surface area contributed by atoms with Crippen molar-refractivity contribution < 1.29 is 4.74 Å². The standard InChI is InChI=1S/C22H22N2OS/c1-16-8-9-20(14-17(16)2)24-22(26)23-19-10-12-21(13-11-19)25-15-18-6-4-3-5-7-18/h3-14H,15H2,1-2H3,(H2,23,24,26). The van der Waals surface area contributed by atoms with Gasteiger partial charge in [-0.2, -0.15) is 0 Å². The molecule has 0 fully saturated rings. The van der Waals surface area contributed by atoms with Gasteiger partial charge >= 0.3 is 0 Å². The van der Waals surface area contributed by atoms with Crippen molar-refractivity contribution in [2.75, 3.05) is 10.6 Å². The van der Waals surface area contributed by atoms with E-state index in [1.807, 2.05) is 60.7 Å². The number of hydrogen-bond acceptors (Lipinski definition) is 2. The van der Waals surface area contributed by atoms with Gasteiger partial charge in [0.1, 0.15) is 12.4 Å². The summed E-state index contributed by atoms with van der Waals surface area (Å²) in [4.78, 5) is 0. The molecule has 4 heteroatoms. The Hall–Kier alpha value is -2.85. The maximum absolute atomic E-state index is 5.80. The van der Waals surface area contributed by atoms with Crippen molar-refractivity contribution in [2.24, 2.45) is 0 Å². The Morgan fingerprint density at radius 3 is 2.15 bits per heavy atom. The van der Waals surface area contributed by atoms with Crippen molar-refractivity contribution in [1.82, 2.24) is 0 Å². The highest BCUT2D eigenvalue weighted by molar-refractivity contribution is 7.80. The first kappa shape index (κ1) is 18.0. The van der Waals surface area contributed by atoms with Crippen LogP contribution >= 0.6 is 12.2 Å². The number of rotatable bonds is 5. The second-order valence-corrected chi connectivity index (χ2v) is 6.59. The lowest BCUT2D eigenvalue weighted by Gasteiger charge is -2.12. The van der Waals surface area contributed by atoms with Crippen molar-refractivity contribution in [3.8, 4) is 5.75 Å². The quantitative estimate of drug-likeness (QED) is 0.571. The Bertz CT molecular complexity index is 876. The smallest absolute Gasteiger partial charge is 0.175 e. The van der Waals surface area contributed by atoms with Gasteiger partial charge in [-0.3, -0.25) is 0 Å². The summed E-state index contributed by atoms with van der Waals surface area (Å²) in [5, 5.41) is 6.96. The minimum absolute atomic E-state index is 0.556. The molecule has 26 heavy (non-hydrogen) atoms. The zero-order valence-electron chi connectivity index (χ0n) is 15.0. The SMILES string of the molecule is Cc1ccc(NC(=S)Nc2ccc(OCc3ccccc3)cc2)cc1C. The molecule has 0 bridgehead atoms. The number of benzene rings is 3. The molecule has 0 saturated heterocycles. The first-order chi connectivity index (χ1) is 12.6. The molecule has 0 aromatic heterocycles. The van der Waals surface area contributed by atoms with E-state index in [2.05, 4.69) is 36.6 Å². The van der Waals surface area contributed by atoms with E-state index in [-0.39, 0.29) is 0 Å². The van der Waals surface area contributed by atoms with Crippen LogP contribution in [0.1, 0.15) is 16.7 Å². The molecule has 0 unspecified atom stereocenters. The average Bonchev–Trinajstić information content (AvgIpc) is 2.65. The van der Waals surface area contributed by atoms with Crippen LogP contribution in [0.4, 0.5) is 11.4 Å². The van der Waals surface area contributed by atoms with Gasteiger partial charge in [-0.05, 0) is 79.2 Å². The number of nitrogens with one attached hydrogen (secondary N) is 2. The fourth-order valence-corrected chi connectivity index (χ4v) is 2.72. The van der Waals surface area contributed by atoms with Crippen LogP contribution in [0.5, 0.6) is 5.75 Å². The normalized spacial score (nSPS) is 10.2. The van der Waals surface area contributed by atoms with E-state index in [9.17, 15) is 0 Å². The minimum Gasteiger partial charge on any atom is -0.489 e. The molecular weight excluding hydrogens is 340 g/mol. The predicted molar refractivity (Wildman–Crippen MR) is 113 cm³/mol. The van der Waals surface area contributed by atoms with E-state index in [1.54, 1.807) is 0 Å². The maximum atomic E-state index is 5.80. The average molecular weight is 362 g/mol. The van der Waals surface area contributed by atoms with Gasteiger partial charge in [0.15, 0.2) is 5.11 Å². The van der Waals surface area contributed by atoms with E-state index in [0.717, 1.165) is 22.7 Å². The van der Waals surface area contributed by atoms with Crippen LogP contribution in [0.15, 0.2) is 72.8 Å². The van der Waals surface area contributed by atoms with Crippen LogP contribution in [0, 0.1) is 13.8 Å². The van der Waals surface area contributed by atoms with Crippen LogP contribution in [0.2, 0.25) is 0 Å². The number of ether oxygens (including phenoxy) is 1. The molecule has 0 aliphatic carbocycles. The Morgan fingerprint density at radius 2 is 1.46 bits per heavy atom. The zero-order chi connectivity index (χ0) is 18.4. The highest BCUT2D eigenvalue weighted by atomic mass is 32.1. The van der Waals surface area contributed by atoms with E-state index >= 15 is 0 Å². The van der Waals surface area contributed by atoms with E-state index in [4.69, 9.17) is 17.0 Å². The largest absolute Gasteiger partial charge is 0.489 e. The van der Waals surface area contributed by atoms with Gasteiger partial charge in [0.2, 0.25) is 0 Å². The highest BCUT2D eigenvalue weighted by Gasteiger charge is 2.02. The molecule has 0 radical (unpaired) electrons. The molecule has 0 saturated carbocycles. The van der Waals surface area contributed by atoms with Gasteiger partial charge in [-0.25, -0.2) is 0 Å². The van der Waals surface area contributed by atoms with E-state index in [1.165, 1.54) is 11.1 Å². The van der Waals surface area contributed by atoms with Gasteiger partial charge in [0.25, 0.3) is 0 Å². The molecule has 0 heterocycles. The summed E-state index contributed by atoms with van der Waals surface area (Å²) in [5.41, 5.74) is 5.54. The van der Waals surface area contributed by atoms with Crippen LogP contribution in [-0.4, -0.2) is 5.11 Å². The molecule has 3 aromatic carbocycles. The maximum Gasteiger partial charge on any atom is 0.175 e. The zero-order valence-corrected chi connectivity index (χ0v) is 15.8. The lowest BCUT2D eigenvalue weighted by atomic mass is 10.1. The van der Waals surface area contributed by atoms with Crippen LogP contribution in [0.3, 0.4) is 0 Å². The van der Waals surface area contributed by atoms with Crippen LogP contribution in [0.25, 0.3) is 0 Å². The van der Waals surface area contributed by atoms with Crippen LogP contribution in [-0.2, 0) is 6.61 Å². The Balaban J connectivity index is 1.53. The second-order valence-electron chi connectivity index (χ2n) is 6.18. The number of aryl methyl sites for hydroxylation is 2. The van der Waals surface area contributed by atoms with Crippen LogP contribution < -0.4 is 15.4 Å². The van der Waals surface area contributed by atoms with Crippen molar-refractivity contribution in [3.63, 3.8) is 0 Å². The molecule has 0 amide bonds. The molecule has 3 nitrogen and oxygen atoms in total. The van der Waals surface area contributed by atoms with Gasteiger partial charge in [0.05, 0.1) is 0 Å². The summed E-state index contributed by atoms with van der Waals surface area (Å²) in [6.07, 6.45) is 0. The van der Waals surface area contributed by atoms with Gasteiger partial charge in [-0.15, -0.1) is 0 Å². The van der Waals surface area contributed by atoms with E-state index in [0.29, 0.717) is 11.7 Å². The molecule has 0 spiro atoms. The molecular formula is C22H22N2OS. The van der Waals surface area contributed by atoms with Crippen molar-refractivity contribution >= 4 is 28.7 Å². The Kier molecular flexibility index (Phi) is 5.87. The monoisotopic (exact) mass is 362 g/mol. The Labute approximate surface area is 160 Å². The molecule has 0 atom stereocenters. The molecule has 2 N–H and O–H groups in total. The van der Waals surface area contributed by atoms with E-state index < -0.39 is 0 Å². The molecule has 3 rings (SSSR count). The fraction of sp³-hybridized carbons (Fsp3) is 0.136. The first-order valence-corrected chi connectivity index (χ1v) is 8.93. The predicted octanol–water partition coefficient (Wildman–Crippen LogP) is 5.69. The Morgan fingerprint density at radius 1 is 0.808 bits per heavy atom. The summed E-state index contributed by atoms with van der Waals surface area (Å²) in [6.45, 7) is 4.74. The summed E-state index contributed by atoms with van der Waals surface area (Å²) in [7, 11) is 0. The summed E-state index contributed by atoms with van der Waals surface area (Å²) in [6, 6.07) is 24.1. The number of anilines is 2. The van der Waals surface area contributed by atoms with Crippen molar-refractivity contribution in [3.05, 3.63) is 89.5 Å². The lowest BCUT2D eigenvalue weighted by Crippen LogP contribution is -2.19. The summed E-state index contributed by atoms with van der Waals surface area (Å²) in [5.74, 6) is 0.826. The summed E-state index contributed by atoms with van der Waals surface area (Å²) >= 11 is 5.39. The molecule has 132 valence electrons. The second kappa shape index (κ2) is 8.50.